The van der Waals surface area contributed by atoms with E-state index in [2.05, 4.69) is 48.8 Å². The molecule has 3 heterocycles. The van der Waals surface area contributed by atoms with Gasteiger partial charge in [-0.25, -0.2) is 14.8 Å². The summed E-state index contributed by atoms with van der Waals surface area (Å²) in [6.07, 6.45) is 4.20. The number of anilines is 1. The minimum atomic E-state index is -1.09. The third-order valence-corrected chi connectivity index (χ3v) is 5.77. The number of hydrogen-bond donors (Lipinski definition) is 3. The fraction of sp³-hybridized carbons (Fsp3) is 0.143. The molecular weight excluding hydrogens is 448 g/mol. The summed E-state index contributed by atoms with van der Waals surface area (Å²) in [5.74, 6) is 0.367. The van der Waals surface area contributed by atoms with Gasteiger partial charge in [0.1, 0.15) is 17.8 Å². The van der Waals surface area contributed by atoms with Crippen molar-refractivity contribution < 1.29 is 9.90 Å². The van der Waals surface area contributed by atoms with Gasteiger partial charge in [0.05, 0.1) is 21.5 Å². The van der Waals surface area contributed by atoms with Gasteiger partial charge in [0, 0.05) is 29.3 Å². The molecule has 0 aliphatic heterocycles. The number of amides is 1. The lowest BCUT2D eigenvalue weighted by atomic mass is 10.1. The van der Waals surface area contributed by atoms with E-state index in [1.54, 1.807) is 12.3 Å². The summed E-state index contributed by atoms with van der Waals surface area (Å²) in [7, 11) is 0. The van der Waals surface area contributed by atoms with Crippen LogP contribution in [0, 0.1) is 0 Å². The molecule has 8 nitrogen and oxygen atoms in total. The lowest BCUT2D eigenvalue weighted by Gasteiger charge is -2.14. The van der Waals surface area contributed by atoms with Crippen molar-refractivity contribution in [1.82, 2.24) is 24.8 Å². The second-order valence-electron chi connectivity index (χ2n) is 6.77. The second-order valence-corrected chi connectivity index (χ2v) is 7.52. The number of aromatic nitrogens is 4. The van der Waals surface area contributed by atoms with Crippen LogP contribution < -0.4 is 11.1 Å². The first-order chi connectivity index (χ1) is 14.5. The van der Waals surface area contributed by atoms with E-state index < -0.39 is 12.1 Å². The number of nitrogens with one attached hydrogen (secondary N) is 1. The predicted octanol–water partition coefficient (Wildman–Crippen LogP) is 4.20. The van der Waals surface area contributed by atoms with Crippen LogP contribution in [0.3, 0.4) is 0 Å². The number of hydrogen-bond acceptors (Lipinski definition) is 5. The maximum Gasteiger partial charge on any atom is 0.405 e. The molecule has 152 valence electrons. The van der Waals surface area contributed by atoms with Crippen LogP contribution in [-0.4, -0.2) is 36.8 Å². The molecule has 0 radical (unpaired) electrons. The molecule has 4 rings (SSSR count). The molecule has 1 aromatic carbocycles. The number of nitrogens with zero attached hydrogens (tertiary/aromatic N) is 4. The number of halogens is 1. The highest BCUT2D eigenvalue weighted by Crippen LogP contribution is 2.40. The monoisotopic (exact) mass is 466 g/mol. The van der Waals surface area contributed by atoms with Crippen molar-refractivity contribution >= 4 is 49.8 Å². The van der Waals surface area contributed by atoms with E-state index in [9.17, 15) is 4.79 Å². The summed E-state index contributed by atoms with van der Waals surface area (Å²) in [5, 5.41) is 13.2. The predicted molar refractivity (Wildman–Crippen MR) is 120 cm³/mol. The van der Waals surface area contributed by atoms with E-state index in [0.29, 0.717) is 24.4 Å². The van der Waals surface area contributed by atoms with Gasteiger partial charge in [-0.2, -0.15) is 0 Å². The van der Waals surface area contributed by atoms with E-state index in [-0.39, 0.29) is 0 Å². The van der Waals surface area contributed by atoms with Gasteiger partial charge in [0.25, 0.3) is 0 Å². The Hall–Kier alpha value is -3.46. The Morgan fingerprint density at radius 1 is 1.33 bits per heavy atom. The van der Waals surface area contributed by atoms with Crippen molar-refractivity contribution in [3.63, 3.8) is 0 Å². The smallest absolute Gasteiger partial charge is 0.405 e. The molecule has 0 bridgehead atoms. The van der Waals surface area contributed by atoms with Gasteiger partial charge < -0.3 is 20.7 Å². The number of nitrogen functional groups attached to an aromatic ring is 1. The van der Waals surface area contributed by atoms with Crippen LogP contribution in [0.5, 0.6) is 0 Å². The van der Waals surface area contributed by atoms with Gasteiger partial charge in [-0.15, -0.1) is 6.58 Å². The van der Waals surface area contributed by atoms with Crippen molar-refractivity contribution in [3.8, 4) is 11.1 Å². The number of fused-ring (bicyclic) bond motifs is 2. The Morgan fingerprint density at radius 2 is 2.13 bits per heavy atom. The van der Waals surface area contributed by atoms with E-state index in [0.717, 1.165) is 32.0 Å². The minimum Gasteiger partial charge on any atom is -0.465 e. The van der Waals surface area contributed by atoms with Crippen molar-refractivity contribution in [1.29, 1.82) is 0 Å². The van der Waals surface area contributed by atoms with Crippen molar-refractivity contribution in [3.05, 3.63) is 60.1 Å². The Balaban J connectivity index is 1.83. The van der Waals surface area contributed by atoms with Gasteiger partial charge in [0.15, 0.2) is 0 Å². The van der Waals surface area contributed by atoms with Crippen molar-refractivity contribution in [2.45, 2.75) is 19.0 Å². The van der Waals surface area contributed by atoms with Gasteiger partial charge in [-0.1, -0.05) is 24.3 Å². The molecule has 0 spiro atoms. The molecule has 4 N–H and O–H groups in total. The molecule has 1 atom stereocenters. The third kappa shape index (κ3) is 3.59. The average Bonchev–Trinajstić information content (AvgIpc) is 3.03. The molecule has 0 aliphatic rings. The SMILES string of the molecule is C=CC(CCn1c(Br)c(-c2cnc3ccccc3c2)c2c(N)ncnc21)NC(=O)O. The number of pyridine rings is 1. The van der Waals surface area contributed by atoms with Gasteiger partial charge in [-0.3, -0.25) is 4.98 Å². The summed E-state index contributed by atoms with van der Waals surface area (Å²) < 4.78 is 2.73. The Bertz CT molecular complexity index is 1270. The van der Waals surface area contributed by atoms with Gasteiger partial charge in [0.2, 0.25) is 0 Å². The molecular formula is C21H19BrN6O2. The van der Waals surface area contributed by atoms with Crippen LogP contribution in [0.15, 0.2) is 60.1 Å². The number of aryl methyl sites for hydroxylation is 1. The molecule has 9 heteroatoms. The summed E-state index contributed by atoms with van der Waals surface area (Å²) in [5.41, 5.74) is 9.52. The topological polar surface area (TPSA) is 119 Å². The minimum absolute atomic E-state index is 0.367. The van der Waals surface area contributed by atoms with E-state index in [1.807, 2.05) is 28.8 Å². The van der Waals surface area contributed by atoms with Crippen molar-refractivity contribution in [2.75, 3.05) is 5.73 Å². The molecule has 1 unspecified atom stereocenters. The maximum atomic E-state index is 11.0. The molecule has 30 heavy (non-hydrogen) atoms. The second kappa shape index (κ2) is 8.11. The molecule has 0 saturated carbocycles. The number of benzene rings is 1. The van der Waals surface area contributed by atoms with E-state index in [4.69, 9.17) is 10.8 Å². The lowest BCUT2D eigenvalue weighted by Crippen LogP contribution is -2.32. The van der Waals surface area contributed by atoms with Crippen LogP contribution in [0.4, 0.5) is 10.6 Å². The first-order valence-corrected chi connectivity index (χ1v) is 10.0. The zero-order valence-electron chi connectivity index (χ0n) is 15.9. The van der Waals surface area contributed by atoms with E-state index in [1.165, 1.54) is 6.33 Å². The Morgan fingerprint density at radius 3 is 2.90 bits per heavy atom. The lowest BCUT2D eigenvalue weighted by molar-refractivity contribution is 0.191. The first-order valence-electron chi connectivity index (χ1n) is 9.25. The number of para-hydroxylation sites is 1. The standard InChI is InChI=1S/C21H19BrN6O2/c1-2-14(27-21(29)30)7-8-28-18(22)16(17-19(23)25-11-26-20(17)28)13-9-12-5-3-4-6-15(12)24-10-13/h2-6,9-11,14,27H,1,7-8H2,(H,29,30)(H2,23,25,26). The zero-order chi connectivity index (χ0) is 21.3. The summed E-state index contributed by atoms with van der Waals surface area (Å²) in [6.45, 7) is 4.20. The number of rotatable bonds is 6. The molecule has 1 amide bonds. The number of carbonyl (C=O) groups is 1. The van der Waals surface area contributed by atoms with Crippen molar-refractivity contribution in [2.24, 2.45) is 0 Å². The van der Waals surface area contributed by atoms with E-state index >= 15 is 0 Å². The number of carboxylic acid groups (broad SMARTS) is 1. The zero-order valence-corrected chi connectivity index (χ0v) is 17.5. The Kier molecular flexibility index (Phi) is 5.37. The largest absolute Gasteiger partial charge is 0.465 e. The van der Waals surface area contributed by atoms with Crippen LogP contribution >= 0.6 is 15.9 Å². The first kappa shape index (κ1) is 19.8. The van der Waals surface area contributed by atoms with Crippen LogP contribution in [0.2, 0.25) is 0 Å². The fourth-order valence-corrected chi connectivity index (χ4v) is 4.29. The summed E-state index contributed by atoms with van der Waals surface area (Å²) >= 11 is 3.70. The molecule has 4 aromatic rings. The van der Waals surface area contributed by atoms with Crippen LogP contribution in [0.25, 0.3) is 33.1 Å². The molecule has 0 fully saturated rings. The normalized spacial score (nSPS) is 12.2. The van der Waals surface area contributed by atoms with Gasteiger partial charge in [-0.05, 0) is 34.5 Å². The van der Waals surface area contributed by atoms with Crippen LogP contribution in [0.1, 0.15) is 6.42 Å². The summed E-state index contributed by atoms with van der Waals surface area (Å²) in [4.78, 5) is 24.1. The highest BCUT2D eigenvalue weighted by atomic mass is 79.9. The fourth-order valence-electron chi connectivity index (χ4n) is 3.52. The Labute approximate surface area is 180 Å². The molecule has 3 aromatic heterocycles. The number of nitrogens with two attached hydrogens (primary N) is 1. The summed E-state index contributed by atoms with van der Waals surface area (Å²) in [6, 6.07) is 9.54. The quantitative estimate of drug-likeness (QED) is 0.366. The highest BCUT2D eigenvalue weighted by molar-refractivity contribution is 9.10. The molecule has 0 aliphatic carbocycles. The average molecular weight is 467 g/mol. The highest BCUT2D eigenvalue weighted by Gasteiger charge is 2.22. The maximum absolute atomic E-state index is 11.0. The molecule has 0 saturated heterocycles. The third-order valence-electron chi connectivity index (χ3n) is 4.94. The van der Waals surface area contributed by atoms with Crippen LogP contribution in [-0.2, 0) is 6.54 Å². The van der Waals surface area contributed by atoms with Gasteiger partial charge >= 0.3 is 6.09 Å².